The number of carboxylic acids is 1. The van der Waals surface area contributed by atoms with E-state index in [1.165, 1.54) is 6.07 Å². The van der Waals surface area contributed by atoms with Crippen molar-refractivity contribution in [3.8, 4) is 0 Å². The Kier molecular flexibility index (Phi) is 4.14. The number of aliphatic carboxylic acids is 1. The summed E-state index contributed by atoms with van der Waals surface area (Å²) < 4.78 is 18.8. The highest BCUT2D eigenvalue weighted by molar-refractivity contribution is 5.98. The fourth-order valence-electron chi connectivity index (χ4n) is 1.53. The van der Waals surface area contributed by atoms with E-state index in [-0.39, 0.29) is 16.8 Å². The highest BCUT2D eigenvalue weighted by Gasteiger charge is 2.25. The number of anilines is 1. The summed E-state index contributed by atoms with van der Waals surface area (Å²) >= 11 is 0. The molecule has 0 aliphatic heterocycles. The van der Waals surface area contributed by atoms with Crippen LogP contribution in [0.2, 0.25) is 0 Å². The summed E-state index contributed by atoms with van der Waals surface area (Å²) in [6.07, 6.45) is -0.633. The second kappa shape index (κ2) is 5.26. The number of hydrogen-bond donors (Lipinski definition) is 2. The minimum atomic E-state index is -1.26. The number of esters is 1. The molecule has 0 spiro atoms. The first-order valence-electron chi connectivity index (χ1n) is 5.64. The van der Waals surface area contributed by atoms with E-state index in [0.717, 1.165) is 6.07 Å². The van der Waals surface area contributed by atoms with Gasteiger partial charge in [0.15, 0.2) is 0 Å². The Morgan fingerprint density at radius 2 is 1.95 bits per heavy atom. The Balaban J connectivity index is 3.28. The zero-order valence-electron chi connectivity index (χ0n) is 11.0. The van der Waals surface area contributed by atoms with Gasteiger partial charge in [-0.25, -0.2) is 9.18 Å². The first-order valence-corrected chi connectivity index (χ1v) is 5.64. The van der Waals surface area contributed by atoms with Crippen molar-refractivity contribution in [2.75, 3.05) is 5.73 Å². The fourth-order valence-corrected chi connectivity index (χ4v) is 1.53. The molecule has 0 fully saturated rings. The molecular formula is C13H16FNO4. The zero-order valence-corrected chi connectivity index (χ0v) is 11.0. The number of carbonyl (C=O) groups excluding carboxylic acids is 1. The first kappa shape index (κ1) is 14.9. The first-order chi connectivity index (χ1) is 8.61. The maximum absolute atomic E-state index is 13.7. The maximum Gasteiger partial charge on any atom is 0.341 e. The van der Waals surface area contributed by atoms with Crippen LogP contribution in [0.1, 0.15) is 36.7 Å². The second-order valence-electron chi connectivity index (χ2n) is 5.06. The van der Waals surface area contributed by atoms with Crippen LogP contribution in [0.15, 0.2) is 12.1 Å². The van der Waals surface area contributed by atoms with Gasteiger partial charge in [0.1, 0.15) is 11.4 Å². The maximum atomic E-state index is 13.7. The second-order valence-corrected chi connectivity index (χ2v) is 5.06. The third-order valence-electron chi connectivity index (χ3n) is 2.22. The highest BCUT2D eigenvalue weighted by atomic mass is 19.1. The zero-order chi connectivity index (χ0) is 14.8. The number of ether oxygens (including phenoxy) is 1. The molecule has 0 aliphatic carbocycles. The summed E-state index contributed by atoms with van der Waals surface area (Å²) in [5.41, 5.74) is 4.35. The Morgan fingerprint density at radius 1 is 1.37 bits per heavy atom. The third-order valence-corrected chi connectivity index (χ3v) is 2.22. The van der Waals surface area contributed by atoms with Crippen LogP contribution < -0.4 is 5.73 Å². The largest absolute Gasteiger partial charge is 0.481 e. The van der Waals surface area contributed by atoms with Crippen LogP contribution in [-0.4, -0.2) is 22.6 Å². The molecule has 1 rings (SSSR count). The molecule has 1 aromatic carbocycles. The molecule has 104 valence electrons. The lowest BCUT2D eigenvalue weighted by molar-refractivity contribution is -0.136. The summed E-state index contributed by atoms with van der Waals surface area (Å²) in [4.78, 5) is 22.7. The molecule has 0 amide bonds. The monoisotopic (exact) mass is 269 g/mol. The van der Waals surface area contributed by atoms with Crippen LogP contribution in [0.3, 0.4) is 0 Å². The average Bonchev–Trinajstić information content (AvgIpc) is 2.20. The number of hydrogen-bond acceptors (Lipinski definition) is 4. The molecule has 3 N–H and O–H groups in total. The van der Waals surface area contributed by atoms with Gasteiger partial charge in [-0.2, -0.15) is 0 Å². The molecule has 0 unspecified atom stereocenters. The van der Waals surface area contributed by atoms with Crippen LogP contribution in [0.4, 0.5) is 10.1 Å². The number of benzene rings is 1. The Hall–Kier alpha value is -2.11. The predicted molar refractivity (Wildman–Crippen MR) is 67.3 cm³/mol. The van der Waals surface area contributed by atoms with Gasteiger partial charge >= 0.3 is 11.9 Å². The van der Waals surface area contributed by atoms with E-state index >= 15 is 0 Å². The van der Waals surface area contributed by atoms with Crippen LogP contribution in [0.5, 0.6) is 0 Å². The van der Waals surface area contributed by atoms with Crippen LogP contribution in [0, 0.1) is 5.82 Å². The number of carbonyl (C=O) groups is 2. The van der Waals surface area contributed by atoms with Gasteiger partial charge in [0, 0.05) is 11.3 Å². The molecule has 0 radical (unpaired) electrons. The number of carboxylic acid groups (broad SMARTS) is 1. The van der Waals surface area contributed by atoms with Crippen molar-refractivity contribution in [2.24, 2.45) is 0 Å². The van der Waals surface area contributed by atoms with Crippen molar-refractivity contribution in [3.05, 3.63) is 29.1 Å². The quantitative estimate of drug-likeness (QED) is 0.647. The SMILES string of the molecule is CC(C)(C)OC(=O)c1c(N)ccc(F)c1CC(=O)O. The number of nitrogens with two attached hydrogens (primary N) is 1. The van der Waals surface area contributed by atoms with E-state index in [1.807, 2.05) is 0 Å². The van der Waals surface area contributed by atoms with Crippen molar-refractivity contribution in [1.29, 1.82) is 0 Å². The number of nitrogen functional groups attached to an aromatic ring is 1. The highest BCUT2D eigenvalue weighted by Crippen LogP contribution is 2.24. The van der Waals surface area contributed by atoms with E-state index in [1.54, 1.807) is 20.8 Å². The normalized spacial score (nSPS) is 11.2. The summed E-state index contributed by atoms with van der Waals surface area (Å²) in [6, 6.07) is 2.24. The Bertz CT molecular complexity index is 520. The molecule has 5 nitrogen and oxygen atoms in total. The van der Waals surface area contributed by atoms with E-state index < -0.39 is 29.8 Å². The molecule has 0 heterocycles. The Labute approximate surface area is 110 Å². The summed E-state index contributed by atoms with van der Waals surface area (Å²) in [6.45, 7) is 4.95. The molecule has 0 bridgehead atoms. The van der Waals surface area contributed by atoms with Crippen LogP contribution in [0.25, 0.3) is 0 Å². The van der Waals surface area contributed by atoms with Crippen molar-refractivity contribution < 1.29 is 23.8 Å². The molecule has 0 saturated carbocycles. The number of halogens is 1. The standard InChI is InChI=1S/C13H16FNO4/c1-13(2,3)19-12(18)11-7(6-10(16)17)8(14)4-5-9(11)15/h4-5H,6,15H2,1-3H3,(H,16,17). The van der Waals surface area contributed by atoms with E-state index in [4.69, 9.17) is 15.6 Å². The van der Waals surface area contributed by atoms with Crippen molar-refractivity contribution in [2.45, 2.75) is 32.8 Å². The minimum Gasteiger partial charge on any atom is -0.481 e. The lowest BCUT2D eigenvalue weighted by Gasteiger charge is -2.21. The van der Waals surface area contributed by atoms with Crippen LogP contribution >= 0.6 is 0 Å². The van der Waals surface area contributed by atoms with E-state index in [2.05, 4.69) is 0 Å². The topological polar surface area (TPSA) is 89.6 Å². The van der Waals surface area contributed by atoms with E-state index in [0.29, 0.717) is 0 Å². The fraction of sp³-hybridized carbons (Fsp3) is 0.385. The number of rotatable bonds is 3. The molecular weight excluding hydrogens is 253 g/mol. The molecule has 0 saturated heterocycles. The molecule has 1 aromatic rings. The van der Waals surface area contributed by atoms with Crippen molar-refractivity contribution in [3.63, 3.8) is 0 Å². The van der Waals surface area contributed by atoms with Gasteiger partial charge in [0.2, 0.25) is 0 Å². The van der Waals surface area contributed by atoms with Crippen molar-refractivity contribution >= 4 is 17.6 Å². The molecule has 0 aliphatic rings. The average molecular weight is 269 g/mol. The molecule has 6 heteroatoms. The molecule has 19 heavy (non-hydrogen) atoms. The minimum absolute atomic E-state index is 0.00750. The van der Waals surface area contributed by atoms with Gasteiger partial charge in [-0.15, -0.1) is 0 Å². The smallest absolute Gasteiger partial charge is 0.341 e. The summed E-state index contributed by atoms with van der Waals surface area (Å²) in [7, 11) is 0. The third kappa shape index (κ3) is 3.94. The van der Waals surface area contributed by atoms with Gasteiger partial charge in [-0.3, -0.25) is 4.79 Å². The van der Waals surface area contributed by atoms with E-state index in [9.17, 15) is 14.0 Å². The lowest BCUT2D eigenvalue weighted by atomic mass is 10.0. The molecule has 0 atom stereocenters. The summed E-state index contributed by atoms with van der Waals surface area (Å²) in [5, 5.41) is 8.76. The predicted octanol–water partition coefficient (Wildman–Crippen LogP) is 1.99. The lowest BCUT2D eigenvalue weighted by Crippen LogP contribution is -2.26. The Morgan fingerprint density at radius 3 is 2.42 bits per heavy atom. The molecule has 0 aromatic heterocycles. The van der Waals surface area contributed by atoms with Gasteiger partial charge in [0.05, 0.1) is 12.0 Å². The van der Waals surface area contributed by atoms with Gasteiger partial charge in [0.25, 0.3) is 0 Å². The van der Waals surface area contributed by atoms with Gasteiger partial charge in [-0.05, 0) is 32.9 Å². The van der Waals surface area contributed by atoms with Crippen molar-refractivity contribution in [1.82, 2.24) is 0 Å². The van der Waals surface area contributed by atoms with Gasteiger partial charge in [-0.1, -0.05) is 0 Å². The summed E-state index contributed by atoms with van der Waals surface area (Å²) in [5.74, 6) is -2.88. The van der Waals surface area contributed by atoms with Crippen LogP contribution in [-0.2, 0) is 16.0 Å². The van der Waals surface area contributed by atoms with Gasteiger partial charge < -0.3 is 15.6 Å².